The van der Waals surface area contributed by atoms with Crippen molar-refractivity contribution in [3.8, 4) is 32.7 Å². The summed E-state index contributed by atoms with van der Waals surface area (Å²) < 4.78 is 1.28. The molecule has 0 amide bonds. The zero-order chi connectivity index (χ0) is 34.4. The molecule has 10 rings (SSSR count). The molecule has 2 heteroatoms. The maximum absolute atomic E-state index is 2.41. The smallest absolute Gasteiger partial charge is 0.0540 e. The van der Waals surface area contributed by atoms with E-state index < -0.39 is 0 Å². The summed E-state index contributed by atoms with van der Waals surface area (Å²) in [5.74, 6) is 0. The molecule has 0 fully saturated rings. The van der Waals surface area contributed by atoms with Crippen LogP contribution in [0.15, 0.2) is 200 Å². The highest BCUT2D eigenvalue weighted by Gasteiger charge is 2.20. The van der Waals surface area contributed by atoms with Crippen LogP contribution < -0.4 is 4.90 Å². The van der Waals surface area contributed by atoms with Crippen molar-refractivity contribution in [2.75, 3.05) is 4.90 Å². The Balaban J connectivity index is 1.16. The molecule has 0 unspecified atom stereocenters. The lowest BCUT2D eigenvalue weighted by molar-refractivity contribution is 1.30. The third-order valence-electron chi connectivity index (χ3n) is 10.2. The maximum atomic E-state index is 2.41. The number of para-hydroxylation sites is 2. The maximum Gasteiger partial charge on any atom is 0.0540 e. The van der Waals surface area contributed by atoms with Gasteiger partial charge in [0.2, 0.25) is 0 Å². The Morgan fingerprint density at radius 3 is 1.56 bits per heavy atom. The van der Waals surface area contributed by atoms with E-state index in [2.05, 4.69) is 205 Å². The van der Waals surface area contributed by atoms with Crippen molar-refractivity contribution >= 4 is 70.8 Å². The number of anilines is 3. The molecule has 52 heavy (non-hydrogen) atoms. The summed E-state index contributed by atoms with van der Waals surface area (Å²) in [5.41, 5.74) is 9.68. The molecular weight excluding hydrogens is 647 g/mol. The normalized spacial score (nSPS) is 11.5. The topological polar surface area (TPSA) is 3.24 Å². The second-order valence-corrected chi connectivity index (χ2v) is 14.4. The Labute approximate surface area is 307 Å². The molecule has 1 heterocycles. The van der Waals surface area contributed by atoms with Gasteiger partial charge in [0, 0.05) is 37.3 Å². The Hall–Kier alpha value is -6.48. The number of benzene rings is 9. The van der Waals surface area contributed by atoms with Gasteiger partial charge >= 0.3 is 0 Å². The van der Waals surface area contributed by atoms with Gasteiger partial charge in [-0.25, -0.2) is 0 Å². The summed E-state index contributed by atoms with van der Waals surface area (Å²) in [5, 5.41) is 8.77. The molecule has 0 saturated carbocycles. The van der Waals surface area contributed by atoms with E-state index in [9.17, 15) is 0 Å². The Kier molecular flexibility index (Phi) is 7.41. The molecule has 0 atom stereocenters. The predicted octanol–water partition coefficient (Wildman–Crippen LogP) is 14.8. The number of hydrogen-bond donors (Lipinski definition) is 0. The average Bonchev–Trinajstić information content (AvgIpc) is 3.60. The summed E-state index contributed by atoms with van der Waals surface area (Å²) in [6.45, 7) is 0. The van der Waals surface area contributed by atoms with E-state index in [1.54, 1.807) is 0 Å². The quantitative estimate of drug-likeness (QED) is 0.169. The molecule has 244 valence electrons. The summed E-state index contributed by atoms with van der Waals surface area (Å²) in [4.78, 5) is 3.66. The largest absolute Gasteiger partial charge is 0.310 e. The second-order valence-electron chi connectivity index (χ2n) is 13.3. The van der Waals surface area contributed by atoms with Crippen LogP contribution in [0.3, 0.4) is 0 Å². The second kappa shape index (κ2) is 12.7. The van der Waals surface area contributed by atoms with Crippen LogP contribution in [-0.2, 0) is 0 Å². The van der Waals surface area contributed by atoms with Gasteiger partial charge in [-0.3, -0.25) is 0 Å². The standard InChI is InChI=1S/C50H33NS/c1-3-17-41(18-4-1)51(42-19-5-2-6-20-42)47-30-29-43(44-21-11-12-22-45(44)47)38-27-28-46-48(33-38)52-50(40-26-24-35-14-8-10-16-37(35)32-40)49(46)39-25-23-34-13-7-9-15-36(34)31-39/h1-33H. The minimum atomic E-state index is 1.13. The van der Waals surface area contributed by atoms with Crippen molar-refractivity contribution in [3.63, 3.8) is 0 Å². The van der Waals surface area contributed by atoms with Gasteiger partial charge in [0.25, 0.3) is 0 Å². The first-order chi connectivity index (χ1) is 25.8. The Morgan fingerprint density at radius 1 is 0.346 bits per heavy atom. The third-order valence-corrected chi connectivity index (χ3v) is 11.4. The minimum absolute atomic E-state index is 1.13. The van der Waals surface area contributed by atoms with Gasteiger partial charge in [0.15, 0.2) is 0 Å². The van der Waals surface area contributed by atoms with Crippen molar-refractivity contribution in [1.29, 1.82) is 0 Å². The third kappa shape index (κ3) is 5.24. The van der Waals surface area contributed by atoms with E-state index in [0.717, 1.165) is 17.1 Å². The van der Waals surface area contributed by atoms with Crippen LogP contribution in [0.1, 0.15) is 0 Å². The van der Waals surface area contributed by atoms with Gasteiger partial charge in [0.05, 0.1) is 5.69 Å². The fraction of sp³-hybridized carbons (Fsp3) is 0. The Morgan fingerprint density at radius 2 is 0.885 bits per heavy atom. The molecule has 0 spiro atoms. The van der Waals surface area contributed by atoms with Crippen molar-refractivity contribution in [2.24, 2.45) is 0 Å². The number of hydrogen-bond acceptors (Lipinski definition) is 2. The molecule has 9 aromatic carbocycles. The van der Waals surface area contributed by atoms with Crippen molar-refractivity contribution in [3.05, 3.63) is 200 Å². The van der Waals surface area contributed by atoms with Gasteiger partial charge in [-0.1, -0.05) is 152 Å². The molecule has 0 bridgehead atoms. The van der Waals surface area contributed by atoms with Crippen LogP contribution in [0.25, 0.3) is 75.1 Å². The Bertz CT molecular complexity index is 2870. The molecule has 1 nitrogen and oxygen atoms in total. The summed E-state index contributed by atoms with van der Waals surface area (Å²) in [6.07, 6.45) is 0. The fourth-order valence-electron chi connectivity index (χ4n) is 7.74. The van der Waals surface area contributed by atoms with E-state index in [1.807, 2.05) is 11.3 Å². The van der Waals surface area contributed by atoms with Crippen LogP contribution in [0.4, 0.5) is 17.1 Å². The van der Waals surface area contributed by atoms with E-state index in [1.165, 1.54) is 75.1 Å². The van der Waals surface area contributed by atoms with Gasteiger partial charge in [-0.15, -0.1) is 11.3 Å². The van der Waals surface area contributed by atoms with Crippen LogP contribution in [0, 0.1) is 0 Å². The SMILES string of the molecule is c1ccc(N(c2ccccc2)c2ccc(-c3ccc4c(-c5ccc6ccccc6c5)c(-c5ccc6ccccc6c5)sc4c3)c3ccccc23)cc1. The molecule has 0 saturated heterocycles. The van der Waals surface area contributed by atoms with Gasteiger partial charge in [-0.2, -0.15) is 0 Å². The van der Waals surface area contributed by atoms with E-state index in [-0.39, 0.29) is 0 Å². The highest BCUT2D eigenvalue weighted by atomic mass is 32.1. The van der Waals surface area contributed by atoms with Crippen LogP contribution in [-0.4, -0.2) is 0 Å². The molecule has 0 N–H and O–H groups in total. The van der Waals surface area contributed by atoms with E-state index in [4.69, 9.17) is 0 Å². The molecule has 0 aliphatic rings. The molecule has 0 aliphatic heterocycles. The monoisotopic (exact) mass is 679 g/mol. The first-order valence-electron chi connectivity index (χ1n) is 17.8. The van der Waals surface area contributed by atoms with Gasteiger partial charge in [0.1, 0.15) is 0 Å². The first kappa shape index (κ1) is 30.4. The summed E-state index contributed by atoms with van der Waals surface area (Å²) in [7, 11) is 0. The summed E-state index contributed by atoms with van der Waals surface area (Å²) in [6, 6.07) is 72.9. The van der Waals surface area contributed by atoms with Crippen molar-refractivity contribution in [2.45, 2.75) is 0 Å². The number of thiophene rings is 1. The fourth-order valence-corrected chi connectivity index (χ4v) is 9.00. The molecular formula is C50H33NS. The number of rotatable bonds is 6. The van der Waals surface area contributed by atoms with Crippen LogP contribution >= 0.6 is 11.3 Å². The lowest BCUT2D eigenvalue weighted by Crippen LogP contribution is -2.10. The van der Waals surface area contributed by atoms with E-state index >= 15 is 0 Å². The lowest BCUT2D eigenvalue weighted by Gasteiger charge is -2.27. The zero-order valence-electron chi connectivity index (χ0n) is 28.4. The highest BCUT2D eigenvalue weighted by molar-refractivity contribution is 7.23. The number of nitrogens with zero attached hydrogens (tertiary/aromatic N) is 1. The first-order valence-corrected chi connectivity index (χ1v) is 18.6. The molecule has 1 aromatic heterocycles. The lowest BCUT2D eigenvalue weighted by atomic mass is 9.93. The van der Waals surface area contributed by atoms with Gasteiger partial charge in [-0.05, 0) is 97.7 Å². The molecule has 10 aromatic rings. The summed E-state index contributed by atoms with van der Waals surface area (Å²) >= 11 is 1.89. The van der Waals surface area contributed by atoms with Crippen molar-refractivity contribution < 1.29 is 0 Å². The predicted molar refractivity (Wildman–Crippen MR) is 225 cm³/mol. The molecule has 0 aliphatic carbocycles. The zero-order valence-corrected chi connectivity index (χ0v) is 29.2. The molecule has 0 radical (unpaired) electrons. The van der Waals surface area contributed by atoms with Crippen LogP contribution in [0.2, 0.25) is 0 Å². The average molecular weight is 680 g/mol. The van der Waals surface area contributed by atoms with Crippen LogP contribution in [0.5, 0.6) is 0 Å². The minimum Gasteiger partial charge on any atom is -0.310 e. The van der Waals surface area contributed by atoms with E-state index in [0.29, 0.717) is 0 Å². The van der Waals surface area contributed by atoms with Gasteiger partial charge < -0.3 is 4.90 Å². The highest BCUT2D eigenvalue weighted by Crippen LogP contribution is 2.48. The number of fused-ring (bicyclic) bond motifs is 4. The van der Waals surface area contributed by atoms with Crippen molar-refractivity contribution in [1.82, 2.24) is 0 Å².